The van der Waals surface area contributed by atoms with Gasteiger partial charge in [-0.15, -0.1) is 0 Å². The summed E-state index contributed by atoms with van der Waals surface area (Å²) in [6, 6.07) is 8.92. The van der Waals surface area contributed by atoms with Crippen molar-refractivity contribution < 1.29 is 23.5 Å². The predicted molar refractivity (Wildman–Crippen MR) is 124 cm³/mol. The van der Waals surface area contributed by atoms with Crippen LogP contribution >= 0.6 is 0 Å². The number of carbonyl (C=O) groups excluding carboxylic acids is 2. The number of esters is 1. The Morgan fingerprint density at radius 3 is 2.68 bits per heavy atom. The first-order valence-corrected chi connectivity index (χ1v) is 11.8. The Bertz CT molecular complexity index is 1070. The highest BCUT2D eigenvalue weighted by Crippen LogP contribution is 2.29. The molecule has 1 aromatic carbocycles. The van der Waals surface area contributed by atoms with Crippen LogP contribution in [0.1, 0.15) is 29.9 Å². The zero-order chi connectivity index (χ0) is 23.5. The summed E-state index contributed by atoms with van der Waals surface area (Å²) in [6.07, 6.45) is 2.51. The quantitative estimate of drug-likeness (QED) is 0.604. The smallest absolute Gasteiger partial charge is 0.338 e. The van der Waals surface area contributed by atoms with E-state index >= 15 is 0 Å². The van der Waals surface area contributed by atoms with Crippen LogP contribution in [0.5, 0.6) is 5.75 Å². The molecule has 34 heavy (non-hydrogen) atoms. The van der Waals surface area contributed by atoms with E-state index in [0.29, 0.717) is 23.6 Å². The fourth-order valence-corrected chi connectivity index (χ4v) is 4.79. The van der Waals surface area contributed by atoms with Crippen molar-refractivity contribution in [2.45, 2.75) is 25.9 Å². The van der Waals surface area contributed by atoms with Crippen molar-refractivity contribution in [2.75, 3.05) is 45.9 Å². The summed E-state index contributed by atoms with van der Waals surface area (Å²) >= 11 is 0. The lowest BCUT2D eigenvalue weighted by molar-refractivity contribution is -0.139. The first kappa shape index (κ1) is 22.5. The summed E-state index contributed by atoms with van der Waals surface area (Å²) in [4.78, 5) is 29.9. The lowest BCUT2D eigenvalue weighted by atomic mass is 9.99. The van der Waals surface area contributed by atoms with Crippen LogP contribution < -0.4 is 15.4 Å². The molecule has 0 radical (unpaired) electrons. The van der Waals surface area contributed by atoms with Gasteiger partial charge in [0.1, 0.15) is 17.6 Å². The van der Waals surface area contributed by atoms with E-state index in [4.69, 9.17) is 13.9 Å². The van der Waals surface area contributed by atoms with Crippen molar-refractivity contribution in [3.8, 4) is 5.75 Å². The highest BCUT2D eigenvalue weighted by atomic mass is 16.5. The van der Waals surface area contributed by atoms with Gasteiger partial charge >= 0.3 is 12.0 Å². The lowest BCUT2D eigenvalue weighted by Crippen LogP contribution is -2.51. The van der Waals surface area contributed by atoms with Gasteiger partial charge in [-0.25, -0.2) is 9.59 Å². The van der Waals surface area contributed by atoms with E-state index in [1.54, 1.807) is 19.1 Å². The minimum absolute atomic E-state index is 0.252. The molecule has 2 amide bonds. The third-order valence-electron chi connectivity index (χ3n) is 6.48. The van der Waals surface area contributed by atoms with Crippen molar-refractivity contribution in [1.82, 2.24) is 20.4 Å². The van der Waals surface area contributed by atoms with Gasteiger partial charge in [0.25, 0.3) is 0 Å². The van der Waals surface area contributed by atoms with Crippen molar-refractivity contribution in [1.29, 1.82) is 0 Å². The number of benzene rings is 1. The summed E-state index contributed by atoms with van der Waals surface area (Å²) in [5.41, 5.74) is 3.55. The molecule has 0 aliphatic carbocycles. The third-order valence-corrected chi connectivity index (χ3v) is 6.48. The molecule has 2 N–H and O–H groups in total. The maximum absolute atomic E-state index is 12.8. The van der Waals surface area contributed by atoms with Crippen molar-refractivity contribution in [2.24, 2.45) is 0 Å². The number of rotatable bonds is 7. The van der Waals surface area contributed by atoms with E-state index in [1.807, 2.05) is 0 Å². The van der Waals surface area contributed by atoms with E-state index in [9.17, 15) is 9.59 Å². The average molecular weight is 467 g/mol. The molecule has 5 rings (SSSR count). The van der Waals surface area contributed by atoms with E-state index in [-0.39, 0.29) is 12.6 Å². The van der Waals surface area contributed by atoms with Crippen LogP contribution in [0.25, 0.3) is 0 Å². The molecule has 2 aromatic rings. The highest BCUT2D eigenvalue weighted by molar-refractivity contribution is 5.95. The van der Waals surface area contributed by atoms with E-state index in [2.05, 4.69) is 38.6 Å². The fraction of sp³-hybridized carbons (Fsp3) is 0.440. The fourth-order valence-electron chi connectivity index (χ4n) is 4.79. The minimum Gasteiger partial charge on any atom is -0.493 e. The zero-order valence-electron chi connectivity index (χ0n) is 19.3. The Balaban J connectivity index is 1.26. The number of amides is 2. The largest absolute Gasteiger partial charge is 0.493 e. The van der Waals surface area contributed by atoms with Gasteiger partial charge in [-0.1, -0.05) is 12.1 Å². The third kappa shape index (κ3) is 4.80. The second-order valence-electron chi connectivity index (χ2n) is 8.75. The molecular formula is C25H30N4O5. The zero-order valence-corrected chi connectivity index (χ0v) is 19.3. The Morgan fingerprint density at radius 2 is 1.94 bits per heavy atom. The monoisotopic (exact) mass is 466 g/mol. The molecule has 4 heterocycles. The Morgan fingerprint density at radius 1 is 1.15 bits per heavy atom. The number of fused-ring (bicyclic) bond motifs is 1. The number of nitrogens with zero attached hydrogens (tertiary/aromatic N) is 2. The molecule has 1 aromatic heterocycles. The van der Waals surface area contributed by atoms with Crippen LogP contribution in [0.15, 0.2) is 52.3 Å². The van der Waals surface area contributed by atoms with E-state index < -0.39 is 12.0 Å². The highest BCUT2D eigenvalue weighted by Gasteiger charge is 2.36. The molecule has 1 unspecified atom stereocenters. The molecule has 3 aliphatic rings. The Labute approximate surface area is 198 Å². The summed E-state index contributed by atoms with van der Waals surface area (Å²) < 4.78 is 16.4. The van der Waals surface area contributed by atoms with Gasteiger partial charge in [0.15, 0.2) is 0 Å². The maximum Gasteiger partial charge on any atom is 0.338 e. The molecule has 1 fully saturated rings. The van der Waals surface area contributed by atoms with Gasteiger partial charge < -0.3 is 24.5 Å². The number of hydrogen-bond donors (Lipinski definition) is 2. The van der Waals surface area contributed by atoms with Crippen LogP contribution in [0.3, 0.4) is 0 Å². The topological polar surface area (TPSA) is 96.3 Å². The lowest BCUT2D eigenvalue weighted by Gasteiger charge is -2.36. The number of piperazine rings is 1. The molecule has 3 aliphatic heterocycles. The SMILES string of the molecule is CCOC(=O)C1=C(CN2CCN(Cc3ccc4c(c3)CCO4)CC2)NC(=O)NC1c1ccco1. The number of carbonyl (C=O) groups is 2. The van der Waals surface area contributed by atoms with E-state index in [1.165, 1.54) is 17.4 Å². The van der Waals surface area contributed by atoms with Gasteiger partial charge in [-0.3, -0.25) is 9.80 Å². The van der Waals surface area contributed by atoms with Crippen LogP contribution in [-0.2, 0) is 22.5 Å². The first-order chi connectivity index (χ1) is 16.6. The van der Waals surface area contributed by atoms with Gasteiger partial charge in [0.05, 0.1) is 25.1 Å². The van der Waals surface area contributed by atoms with Crippen molar-refractivity contribution >= 4 is 12.0 Å². The second-order valence-corrected chi connectivity index (χ2v) is 8.75. The maximum atomic E-state index is 12.8. The summed E-state index contributed by atoms with van der Waals surface area (Å²) in [5.74, 6) is 1.06. The molecular weight excluding hydrogens is 436 g/mol. The summed E-state index contributed by atoms with van der Waals surface area (Å²) in [7, 11) is 0. The van der Waals surface area contributed by atoms with Crippen molar-refractivity contribution in [3.63, 3.8) is 0 Å². The Kier molecular flexibility index (Phi) is 6.55. The number of ether oxygens (including phenoxy) is 2. The number of furan rings is 1. The molecule has 9 nitrogen and oxygen atoms in total. The number of nitrogens with one attached hydrogen (secondary N) is 2. The van der Waals surface area contributed by atoms with Crippen LogP contribution in [0, 0.1) is 0 Å². The molecule has 1 atom stereocenters. The second kappa shape index (κ2) is 9.90. The van der Waals surface area contributed by atoms with Gasteiger partial charge in [-0.2, -0.15) is 0 Å². The molecule has 0 spiro atoms. The summed E-state index contributed by atoms with van der Waals surface area (Å²) in [6.45, 7) is 7.64. The minimum atomic E-state index is -0.678. The van der Waals surface area contributed by atoms with Gasteiger partial charge in [0.2, 0.25) is 0 Å². The standard InChI is InChI=1S/C25H30N4O5/c1-2-32-24(30)22-19(26-25(31)27-23(22)21-4-3-12-33-21)16-29-10-8-28(9-11-29)15-17-5-6-20-18(14-17)7-13-34-20/h3-6,12,14,23H,2,7-11,13,15-16H2,1H3,(H2,26,27,31). The van der Waals surface area contributed by atoms with Crippen LogP contribution in [0.2, 0.25) is 0 Å². The van der Waals surface area contributed by atoms with Crippen LogP contribution in [-0.4, -0.2) is 67.7 Å². The van der Waals surface area contributed by atoms with E-state index in [0.717, 1.165) is 51.5 Å². The van der Waals surface area contributed by atoms with Gasteiger partial charge in [0, 0.05) is 51.4 Å². The summed E-state index contributed by atoms with van der Waals surface area (Å²) in [5, 5.41) is 5.63. The molecule has 1 saturated heterocycles. The normalized spacial score (nSPS) is 21.0. The van der Waals surface area contributed by atoms with Crippen molar-refractivity contribution in [3.05, 3.63) is 64.8 Å². The molecule has 0 bridgehead atoms. The average Bonchev–Trinajstić information content (AvgIpc) is 3.52. The Hall–Kier alpha value is -3.30. The predicted octanol–water partition coefficient (Wildman–Crippen LogP) is 2.20. The molecule has 180 valence electrons. The molecule has 9 heteroatoms. The molecule has 0 saturated carbocycles. The van der Waals surface area contributed by atoms with Gasteiger partial charge in [-0.05, 0) is 36.2 Å². The first-order valence-electron chi connectivity index (χ1n) is 11.8. The number of urea groups is 1. The van der Waals surface area contributed by atoms with Crippen LogP contribution in [0.4, 0.5) is 4.79 Å². The number of hydrogen-bond acceptors (Lipinski definition) is 7.